The molecule has 1 heterocycles. The van der Waals surface area contributed by atoms with E-state index in [1.54, 1.807) is 7.11 Å². The lowest BCUT2D eigenvalue weighted by atomic mass is 9.75. The van der Waals surface area contributed by atoms with E-state index in [9.17, 15) is 0 Å². The van der Waals surface area contributed by atoms with Crippen LogP contribution in [0, 0.1) is 0 Å². The second-order valence-electron chi connectivity index (χ2n) is 6.51. The summed E-state index contributed by atoms with van der Waals surface area (Å²) in [4.78, 5) is 2.57. The fourth-order valence-corrected chi connectivity index (χ4v) is 3.82. The summed E-state index contributed by atoms with van der Waals surface area (Å²) in [5.41, 5.74) is 1.39. The van der Waals surface area contributed by atoms with Gasteiger partial charge in [-0.3, -0.25) is 0 Å². The Morgan fingerprint density at radius 1 is 1.24 bits per heavy atom. The largest absolute Gasteiger partial charge is 0.496 e. The highest BCUT2D eigenvalue weighted by atomic mass is 16.5. The van der Waals surface area contributed by atoms with E-state index in [1.807, 2.05) is 0 Å². The van der Waals surface area contributed by atoms with Crippen LogP contribution in [-0.2, 0) is 0 Å². The molecule has 3 rings (SSSR count). The molecule has 21 heavy (non-hydrogen) atoms. The quantitative estimate of drug-likeness (QED) is 0.901. The highest BCUT2D eigenvalue weighted by molar-refractivity contribution is 5.37. The number of para-hydroxylation sites is 1. The summed E-state index contributed by atoms with van der Waals surface area (Å²) in [7, 11) is 1.77. The minimum absolute atomic E-state index is 0.671. The van der Waals surface area contributed by atoms with Gasteiger partial charge >= 0.3 is 0 Å². The van der Waals surface area contributed by atoms with E-state index in [-0.39, 0.29) is 0 Å². The Hall–Kier alpha value is -1.06. The Balaban J connectivity index is 1.49. The molecule has 1 saturated heterocycles. The molecule has 116 valence electrons. The summed E-state index contributed by atoms with van der Waals surface area (Å²) in [6.07, 6.45) is 5.19. The van der Waals surface area contributed by atoms with Gasteiger partial charge in [0, 0.05) is 18.6 Å². The van der Waals surface area contributed by atoms with Gasteiger partial charge in [-0.25, -0.2) is 0 Å². The number of nitrogens with one attached hydrogen (secondary N) is 1. The lowest BCUT2D eigenvalue weighted by Crippen LogP contribution is -2.52. The zero-order valence-electron chi connectivity index (χ0n) is 13.3. The Morgan fingerprint density at radius 3 is 2.81 bits per heavy atom. The molecule has 1 aromatic rings. The smallest absolute Gasteiger partial charge is 0.122 e. The molecule has 0 amide bonds. The van der Waals surface area contributed by atoms with Crippen LogP contribution < -0.4 is 10.1 Å². The number of methoxy groups -OCH3 is 1. The van der Waals surface area contributed by atoms with Crippen LogP contribution in [0.4, 0.5) is 0 Å². The van der Waals surface area contributed by atoms with Gasteiger partial charge in [-0.2, -0.15) is 0 Å². The van der Waals surface area contributed by atoms with E-state index in [0.29, 0.717) is 18.0 Å². The number of hydrogen-bond acceptors (Lipinski definition) is 3. The zero-order chi connectivity index (χ0) is 14.7. The molecular weight excluding hydrogens is 260 g/mol. The number of rotatable bonds is 5. The number of benzene rings is 1. The molecule has 1 aromatic carbocycles. The molecular formula is C18H28N2O. The molecule has 2 fully saturated rings. The van der Waals surface area contributed by atoms with Gasteiger partial charge < -0.3 is 15.0 Å². The first kappa shape index (κ1) is 14.9. The lowest BCUT2D eigenvalue weighted by Gasteiger charge is -2.41. The molecule has 3 nitrogen and oxygen atoms in total. The van der Waals surface area contributed by atoms with Crippen LogP contribution in [0.1, 0.15) is 44.1 Å². The molecule has 1 saturated carbocycles. The highest BCUT2D eigenvalue weighted by Gasteiger charge is 2.33. The molecule has 1 unspecified atom stereocenters. The van der Waals surface area contributed by atoms with Crippen molar-refractivity contribution in [2.45, 2.75) is 50.6 Å². The zero-order valence-corrected chi connectivity index (χ0v) is 13.3. The molecule has 2 aliphatic rings. The Bertz CT molecular complexity index is 456. The van der Waals surface area contributed by atoms with Gasteiger partial charge in [0.15, 0.2) is 0 Å². The maximum atomic E-state index is 5.49. The minimum atomic E-state index is 0.671. The molecule has 3 heteroatoms. The molecule has 0 spiro atoms. The molecule has 0 bridgehead atoms. The molecule has 0 aromatic heterocycles. The number of hydrogen-bond donors (Lipinski definition) is 1. The Kier molecular flexibility index (Phi) is 4.81. The van der Waals surface area contributed by atoms with Crippen molar-refractivity contribution in [3.05, 3.63) is 29.8 Å². The van der Waals surface area contributed by atoms with Crippen LogP contribution in [0.3, 0.4) is 0 Å². The van der Waals surface area contributed by atoms with Gasteiger partial charge in [0.25, 0.3) is 0 Å². The Morgan fingerprint density at radius 2 is 2.05 bits per heavy atom. The van der Waals surface area contributed by atoms with Gasteiger partial charge in [-0.15, -0.1) is 0 Å². The van der Waals surface area contributed by atoms with Gasteiger partial charge in [-0.1, -0.05) is 25.1 Å². The SMILES string of the molecule is CCN1CCCC(NC2CC(c3ccccc3OC)C2)C1. The van der Waals surface area contributed by atoms with Crippen LogP contribution in [0.15, 0.2) is 24.3 Å². The van der Waals surface area contributed by atoms with Crippen molar-refractivity contribution in [3.8, 4) is 5.75 Å². The average Bonchev–Trinajstić information content (AvgIpc) is 2.50. The van der Waals surface area contributed by atoms with Crippen molar-refractivity contribution < 1.29 is 4.74 Å². The van der Waals surface area contributed by atoms with Gasteiger partial charge in [0.1, 0.15) is 5.75 Å². The summed E-state index contributed by atoms with van der Waals surface area (Å²) in [5.74, 6) is 1.72. The predicted molar refractivity (Wildman–Crippen MR) is 87.0 cm³/mol. The second kappa shape index (κ2) is 6.80. The first-order valence-corrected chi connectivity index (χ1v) is 8.41. The summed E-state index contributed by atoms with van der Waals surface area (Å²) >= 11 is 0. The topological polar surface area (TPSA) is 24.5 Å². The molecule has 0 radical (unpaired) electrons. The van der Waals surface area contributed by atoms with Gasteiger partial charge in [0.05, 0.1) is 7.11 Å². The van der Waals surface area contributed by atoms with Crippen LogP contribution in [0.2, 0.25) is 0 Å². The van der Waals surface area contributed by atoms with E-state index in [2.05, 4.69) is 41.4 Å². The van der Waals surface area contributed by atoms with Crippen LogP contribution >= 0.6 is 0 Å². The number of likely N-dealkylation sites (N-methyl/N-ethyl adjacent to an activating group) is 1. The third-order valence-corrected chi connectivity index (χ3v) is 5.14. The van der Waals surface area contributed by atoms with Gasteiger partial charge in [0.2, 0.25) is 0 Å². The summed E-state index contributed by atoms with van der Waals surface area (Å²) < 4.78 is 5.49. The molecule has 1 N–H and O–H groups in total. The van der Waals surface area contributed by atoms with Crippen molar-refractivity contribution in [2.75, 3.05) is 26.7 Å². The molecule has 1 aliphatic carbocycles. The summed E-state index contributed by atoms with van der Waals surface area (Å²) in [6, 6.07) is 9.87. The first-order valence-electron chi connectivity index (χ1n) is 8.41. The van der Waals surface area contributed by atoms with Crippen LogP contribution in [0.25, 0.3) is 0 Å². The molecule has 1 atom stereocenters. The fraction of sp³-hybridized carbons (Fsp3) is 0.667. The van der Waals surface area contributed by atoms with Crippen molar-refractivity contribution in [3.63, 3.8) is 0 Å². The van der Waals surface area contributed by atoms with E-state index < -0.39 is 0 Å². The molecule has 1 aliphatic heterocycles. The minimum Gasteiger partial charge on any atom is -0.496 e. The maximum absolute atomic E-state index is 5.49. The highest BCUT2D eigenvalue weighted by Crippen LogP contribution is 2.41. The van der Waals surface area contributed by atoms with E-state index >= 15 is 0 Å². The first-order chi connectivity index (χ1) is 10.3. The van der Waals surface area contributed by atoms with Crippen LogP contribution in [0.5, 0.6) is 5.75 Å². The third-order valence-electron chi connectivity index (χ3n) is 5.14. The lowest BCUT2D eigenvalue weighted by molar-refractivity contribution is 0.167. The normalized spacial score (nSPS) is 29.9. The number of ether oxygens (including phenoxy) is 1. The number of piperidine rings is 1. The van der Waals surface area contributed by atoms with E-state index in [4.69, 9.17) is 4.74 Å². The number of likely N-dealkylation sites (tertiary alicyclic amines) is 1. The van der Waals surface area contributed by atoms with Crippen LogP contribution in [-0.4, -0.2) is 43.7 Å². The van der Waals surface area contributed by atoms with Crippen molar-refractivity contribution >= 4 is 0 Å². The van der Waals surface area contributed by atoms with E-state index in [0.717, 1.165) is 5.75 Å². The summed E-state index contributed by atoms with van der Waals surface area (Å²) in [5, 5.41) is 3.87. The third kappa shape index (κ3) is 3.41. The number of nitrogens with zero attached hydrogens (tertiary/aromatic N) is 1. The van der Waals surface area contributed by atoms with Crippen molar-refractivity contribution in [1.29, 1.82) is 0 Å². The van der Waals surface area contributed by atoms with E-state index in [1.165, 1.54) is 50.9 Å². The maximum Gasteiger partial charge on any atom is 0.122 e. The Labute approximate surface area is 128 Å². The van der Waals surface area contributed by atoms with Crippen molar-refractivity contribution in [2.24, 2.45) is 0 Å². The monoisotopic (exact) mass is 288 g/mol. The van der Waals surface area contributed by atoms with Crippen molar-refractivity contribution in [1.82, 2.24) is 10.2 Å². The second-order valence-corrected chi connectivity index (χ2v) is 6.51. The fourth-order valence-electron chi connectivity index (χ4n) is 3.82. The average molecular weight is 288 g/mol. The van der Waals surface area contributed by atoms with Gasteiger partial charge in [-0.05, 0) is 56.3 Å². The standard InChI is InChI=1S/C18H28N2O/c1-3-20-10-6-7-15(13-20)19-16-11-14(12-16)17-8-4-5-9-18(17)21-2/h4-5,8-9,14-16,19H,3,6-7,10-13H2,1-2H3. The predicted octanol–water partition coefficient (Wildman–Crippen LogP) is 3.02. The summed E-state index contributed by atoms with van der Waals surface area (Å²) in [6.45, 7) is 5.96.